The Kier molecular flexibility index (Phi) is 1.47. The SMILES string of the molecule is [O]C1(F)CCC(F)(F)C1(F)F. The summed E-state index contributed by atoms with van der Waals surface area (Å²) in [4.78, 5) is 0. The standard InChI is InChI=1S/C5H4F5O/c6-3(7)1-2-4(8,11)5(3,9)10/h1-2H2. The normalized spacial score (nSPS) is 40.9. The van der Waals surface area contributed by atoms with Crippen LogP contribution in [0.2, 0.25) is 0 Å². The Morgan fingerprint density at radius 1 is 0.909 bits per heavy atom. The molecule has 65 valence electrons. The van der Waals surface area contributed by atoms with Crippen LogP contribution >= 0.6 is 0 Å². The summed E-state index contributed by atoms with van der Waals surface area (Å²) in [5, 5.41) is 10.1. The Morgan fingerprint density at radius 3 is 1.45 bits per heavy atom. The van der Waals surface area contributed by atoms with E-state index in [1.807, 2.05) is 0 Å². The van der Waals surface area contributed by atoms with Crippen molar-refractivity contribution in [3.63, 3.8) is 0 Å². The molecule has 0 N–H and O–H groups in total. The second-order valence-electron chi connectivity index (χ2n) is 2.51. The van der Waals surface area contributed by atoms with Gasteiger partial charge < -0.3 is 0 Å². The Balaban J connectivity index is 3.00. The predicted molar refractivity (Wildman–Crippen MR) is 23.7 cm³/mol. The molecule has 0 aromatic carbocycles. The Morgan fingerprint density at radius 2 is 1.36 bits per heavy atom. The van der Waals surface area contributed by atoms with E-state index in [2.05, 4.69) is 0 Å². The van der Waals surface area contributed by atoms with E-state index in [0.29, 0.717) is 0 Å². The van der Waals surface area contributed by atoms with E-state index in [1.165, 1.54) is 0 Å². The van der Waals surface area contributed by atoms with Gasteiger partial charge in [-0.15, -0.1) is 0 Å². The first kappa shape index (κ1) is 8.70. The molecule has 0 saturated heterocycles. The third-order valence-corrected chi connectivity index (χ3v) is 1.69. The lowest BCUT2D eigenvalue weighted by atomic mass is 10.2. The van der Waals surface area contributed by atoms with E-state index >= 15 is 0 Å². The van der Waals surface area contributed by atoms with Crippen LogP contribution in [0.25, 0.3) is 0 Å². The van der Waals surface area contributed by atoms with Crippen molar-refractivity contribution in [1.29, 1.82) is 0 Å². The van der Waals surface area contributed by atoms with Gasteiger partial charge in [0.15, 0.2) is 0 Å². The lowest BCUT2D eigenvalue weighted by Gasteiger charge is -2.22. The zero-order valence-electron chi connectivity index (χ0n) is 5.21. The van der Waals surface area contributed by atoms with Gasteiger partial charge in [0.05, 0.1) is 0 Å². The molecule has 1 rings (SSSR count). The topological polar surface area (TPSA) is 19.9 Å². The monoisotopic (exact) mass is 175 g/mol. The first-order valence-electron chi connectivity index (χ1n) is 2.86. The maximum atomic E-state index is 12.1. The van der Waals surface area contributed by atoms with E-state index in [-0.39, 0.29) is 0 Å². The molecule has 6 heteroatoms. The first-order chi connectivity index (χ1) is 4.71. The third kappa shape index (κ3) is 0.919. The number of halogens is 5. The third-order valence-electron chi connectivity index (χ3n) is 1.69. The molecule has 1 aliphatic rings. The van der Waals surface area contributed by atoms with Crippen LogP contribution in [0.1, 0.15) is 12.8 Å². The van der Waals surface area contributed by atoms with Gasteiger partial charge in [-0.2, -0.15) is 22.7 Å². The number of hydrogen-bond acceptors (Lipinski definition) is 0. The molecule has 0 aromatic rings. The van der Waals surface area contributed by atoms with Gasteiger partial charge in [0, 0.05) is 12.8 Å². The van der Waals surface area contributed by atoms with Crippen LogP contribution in [0.5, 0.6) is 0 Å². The quantitative estimate of drug-likeness (QED) is 0.502. The van der Waals surface area contributed by atoms with Gasteiger partial charge in [-0.05, 0) is 0 Å². The highest BCUT2D eigenvalue weighted by Gasteiger charge is 2.75. The van der Waals surface area contributed by atoms with Crippen molar-refractivity contribution in [2.75, 3.05) is 0 Å². The fourth-order valence-electron chi connectivity index (χ4n) is 0.905. The maximum Gasteiger partial charge on any atom is 0.370 e. The zero-order valence-corrected chi connectivity index (χ0v) is 5.21. The van der Waals surface area contributed by atoms with Gasteiger partial charge in [0.2, 0.25) is 0 Å². The van der Waals surface area contributed by atoms with Crippen LogP contribution in [0, 0.1) is 0 Å². The number of hydrogen-bond donors (Lipinski definition) is 0. The van der Waals surface area contributed by atoms with Gasteiger partial charge >= 0.3 is 17.7 Å². The van der Waals surface area contributed by atoms with Crippen molar-refractivity contribution in [1.82, 2.24) is 0 Å². The molecular formula is C5H4F5O. The van der Waals surface area contributed by atoms with Crippen LogP contribution in [-0.4, -0.2) is 17.7 Å². The summed E-state index contributed by atoms with van der Waals surface area (Å²) in [6.45, 7) is 0. The van der Waals surface area contributed by atoms with Crippen molar-refractivity contribution in [3.8, 4) is 0 Å². The van der Waals surface area contributed by atoms with Gasteiger partial charge in [-0.3, -0.25) is 0 Å². The molecule has 1 nitrogen and oxygen atoms in total. The maximum absolute atomic E-state index is 12.1. The summed E-state index contributed by atoms with van der Waals surface area (Å²) in [6.07, 6.45) is -2.73. The minimum atomic E-state index is -5.07. The van der Waals surface area contributed by atoms with Crippen molar-refractivity contribution < 1.29 is 27.1 Å². The van der Waals surface area contributed by atoms with Crippen molar-refractivity contribution in [2.45, 2.75) is 30.5 Å². The van der Waals surface area contributed by atoms with Crippen LogP contribution in [-0.2, 0) is 5.11 Å². The molecule has 1 atom stereocenters. The fraction of sp³-hybridized carbons (Fsp3) is 1.00. The van der Waals surface area contributed by atoms with Gasteiger partial charge in [0.25, 0.3) is 0 Å². The van der Waals surface area contributed by atoms with Crippen LogP contribution in [0.3, 0.4) is 0 Å². The Bertz CT molecular complexity index is 158. The van der Waals surface area contributed by atoms with E-state index in [1.54, 1.807) is 0 Å². The molecule has 0 spiro atoms. The molecule has 1 fully saturated rings. The molecule has 0 amide bonds. The average molecular weight is 175 g/mol. The minimum Gasteiger partial charge on any atom is -0.202 e. The lowest BCUT2D eigenvalue weighted by molar-refractivity contribution is -0.317. The summed E-state index contributed by atoms with van der Waals surface area (Å²) in [6, 6.07) is 0. The van der Waals surface area contributed by atoms with E-state index in [4.69, 9.17) is 0 Å². The summed E-state index contributed by atoms with van der Waals surface area (Å²) in [5.41, 5.74) is 0. The predicted octanol–water partition coefficient (Wildman–Crippen LogP) is 2.15. The van der Waals surface area contributed by atoms with E-state index in [0.717, 1.165) is 0 Å². The van der Waals surface area contributed by atoms with E-state index < -0.39 is 30.5 Å². The Labute approximate surface area is 58.8 Å². The van der Waals surface area contributed by atoms with Gasteiger partial charge in [-0.1, -0.05) is 0 Å². The lowest BCUT2D eigenvalue weighted by Crippen LogP contribution is -2.48. The summed E-state index contributed by atoms with van der Waals surface area (Å²) >= 11 is 0. The van der Waals surface area contributed by atoms with Crippen LogP contribution < -0.4 is 0 Å². The van der Waals surface area contributed by atoms with Crippen molar-refractivity contribution in [3.05, 3.63) is 0 Å². The van der Waals surface area contributed by atoms with Gasteiger partial charge in [-0.25, -0.2) is 4.39 Å². The first-order valence-corrected chi connectivity index (χ1v) is 2.86. The molecule has 1 radical (unpaired) electrons. The molecule has 0 bridgehead atoms. The van der Waals surface area contributed by atoms with Crippen molar-refractivity contribution >= 4 is 0 Å². The highest BCUT2D eigenvalue weighted by molar-refractivity contribution is 5.02. The average Bonchev–Trinajstić information content (AvgIpc) is 1.93. The van der Waals surface area contributed by atoms with Crippen LogP contribution in [0.15, 0.2) is 0 Å². The highest BCUT2D eigenvalue weighted by Crippen LogP contribution is 2.54. The molecular weight excluding hydrogens is 171 g/mol. The largest absolute Gasteiger partial charge is 0.370 e. The zero-order chi connectivity index (χ0) is 8.91. The van der Waals surface area contributed by atoms with Crippen molar-refractivity contribution in [2.24, 2.45) is 0 Å². The van der Waals surface area contributed by atoms with Gasteiger partial charge in [0.1, 0.15) is 0 Å². The summed E-state index contributed by atoms with van der Waals surface area (Å²) in [5.74, 6) is -13.9. The molecule has 11 heavy (non-hydrogen) atoms. The molecule has 1 saturated carbocycles. The second kappa shape index (κ2) is 1.85. The highest BCUT2D eigenvalue weighted by atomic mass is 19.3. The Hall–Kier alpha value is -0.390. The fourth-order valence-corrected chi connectivity index (χ4v) is 0.905. The molecule has 0 aromatic heterocycles. The number of alkyl halides is 5. The molecule has 1 unspecified atom stereocenters. The smallest absolute Gasteiger partial charge is 0.202 e. The summed E-state index contributed by atoms with van der Waals surface area (Å²) < 4.78 is 60.3. The number of rotatable bonds is 0. The minimum absolute atomic E-state index is 1.34. The molecule has 0 heterocycles. The van der Waals surface area contributed by atoms with Crippen LogP contribution in [0.4, 0.5) is 22.0 Å². The van der Waals surface area contributed by atoms with E-state index in [9.17, 15) is 27.1 Å². The molecule has 0 aliphatic heterocycles. The molecule has 1 aliphatic carbocycles. The second-order valence-corrected chi connectivity index (χ2v) is 2.51. The summed E-state index contributed by atoms with van der Waals surface area (Å²) in [7, 11) is 0.